The lowest BCUT2D eigenvalue weighted by molar-refractivity contribution is 0.0949. The first-order valence-electron chi connectivity index (χ1n) is 11.5. The molecule has 0 radical (unpaired) electrons. The van der Waals surface area contributed by atoms with Gasteiger partial charge in [0.05, 0.1) is 11.3 Å². The summed E-state index contributed by atoms with van der Waals surface area (Å²) in [4.78, 5) is 15.4. The molecule has 6 heteroatoms. The maximum absolute atomic E-state index is 13.1. The van der Waals surface area contributed by atoms with Gasteiger partial charge in [0.25, 0.3) is 5.91 Å². The van der Waals surface area contributed by atoms with Gasteiger partial charge < -0.3 is 10.2 Å². The Balaban J connectivity index is 1.28. The van der Waals surface area contributed by atoms with Crippen molar-refractivity contribution in [1.29, 1.82) is 0 Å². The maximum atomic E-state index is 13.1. The van der Waals surface area contributed by atoms with Crippen molar-refractivity contribution in [3.8, 4) is 0 Å². The van der Waals surface area contributed by atoms with E-state index in [9.17, 15) is 9.18 Å². The third kappa shape index (κ3) is 6.03. The molecule has 1 aromatic carbocycles. The van der Waals surface area contributed by atoms with Gasteiger partial charge in [0.15, 0.2) is 0 Å². The lowest BCUT2D eigenvalue weighted by Gasteiger charge is -2.34. The fourth-order valence-electron chi connectivity index (χ4n) is 4.79. The van der Waals surface area contributed by atoms with E-state index >= 15 is 0 Å². The van der Waals surface area contributed by atoms with Crippen LogP contribution in [0, 0.1) is 17.7 Å². The number of nitrogens with zero attached hydrogens (tertiary/aromatic N) is 3. The highest BCUT2D eigenvalue weighted by molar-refractivity contribution is 5.95. The number of allylic oxidation sites excluding steroid dienone is 2. The van der Waals surface area contributed by atoms with E-state index in [2.05, 4.69) is 27.5 Å². The van der Waals surface area contributed by atoms with Gasteiger partial charge in [0.1, 0.15) is 5.82 Å². The molecular formula is C25H33FN4O. The Hall–Kier alpha value is -2.47. The molecule has 2 heterocycles. The normalized spacial score (nSPS) is 20.1. The van der Waals surface area contributed by atoms with Crippen molar-refractivity contribution in [2.45, 2.75) is 45.1 Å². The molecule has 5 nitrogen and oxygen atoms in total. The highest BCUT2D eigenvalue weighted by Crippen LogP contribution is 2.26. The maximum Gasteiger partial charge on any atom is 0.255 e. The van der Waals surface area contributed by atoms with Gasteiger partial charge in [-0.2, -0.15) is 5.10 Å². The second-order valence-corrected chi connectivity index (χ2v) is 9.07. The van der Waals surface area contributed by atoms with Crippen molar-refractivity contribution in [3.63, 3.8) is 0 Å². The number of halogens is 1. The first-order valence-corrected chi connectivity index (χ1v) is 11.5. The van der Waals surface area contributed by atoms with Crippen LogP contribution < -0.4 is 5.32 Å². The van der Waals surface area contributed by atoms with Crippen LogP contribution in [-0.2, 0) is 20.0 Å². The van der Waals surface area contributed by atoms with Crippen LogP contribution >= 0.6 is 0 Å². The van der Waals surface area contributed by atoms with Crippen molar-refractivity contribution in [1.82, 2.24) is 20.0 Å². The number of hydrogen-bond donors (Lipinski definition) is 1. The van der Waals surface area contributed by atoms with Gasteiger partial charge in [-0.15, -0.1) is 0 Å². The molecule has 0 bridgehead atoms. The summed E-state index contributed by atoms with van der Waals surface area (Å²) >= 11 is 0. The zero-order chi connectivity index (χ0) is 21.6. The number of carbonyl (C=O) groups is 1. The molecule has 1 amide bonds. The predicted molar refractivity (Wildman–Crippen MR) is 120 cm³/mol. The molecule has 1 aliphatic carbocycles. The summed E-state index contributed by atoms with van der Waals surface area (Å²) in [6.07, 6.45) is 13.4. The van der Waals surface area contributed by atoms with E-state index in [1.165, 1.54) is 37.9 Å². The Labute approximate surface area is 184 Å². The average molecular weight is 425 g/mol. The minimum absolute atomic E-state index is 0.116. The Morgan fingerprint density at radius 3 is 2.61 bits per heavy atom. The van der Waals surface area contributed by atoms with E-state index < -0.39 is 0 Å². The number of benzene rings is 1. The zero-order valence-electron chi connectivity index (χ0n) is 18.4. The molecule has 2 aliphatic rings. The number of likely N-dealkylation sites (tertiary alicyclic amines) is 1. The van der Waals surface area contributed by atoms with Gasteiger partial charge in [-0.3, -0.25) is 9.48 Å². The summed E-state index contributed by atoms with van der Waals surface area (Å²) in [5.74, 6) is 0.997. The average Bonchev–Trinajstić information content (AvgIpc) is 3.15. The van der Waals surface area contributed by atoms with Gasteiger partial charge in [-0.05, 0) is 81.1 Å². The molecule has 1 unspecified atom stereocenters. The second kappa shape index (κ2) is 10.2. The van der Waals surface area contributed by atoms with Crippen LogP contribution in [0.1, 0.15) is 53.7 Å². The first kappa shape index (κ1) is 21.8. The summed E-state index contributed by atoms with van der Waals surface area (Å²) in [5, 5.41) is 7.54. The molecule has 1 aromatic heterocycles. The van der Waals surface area contributed by atoms with Gasteiger partial charge in [-0.25, -0.2) is 4.39 Å². The number of hydrogen-bond acceptors (Lipinski definition) is 3. The Morgan fingerprint density at radius 2 is 1.90 bits per heavy atom. The van der Waals surface area contributed by atoms with Crippen molar-refractivity contribution in [2.24, 2.45) is 18.9 Å². The molecule has 1 saturated heterocycles. The fourth-order valence-corrected chi connectivity index (χ4v) is 4.79. The molecule has 1 N–H and O–H groups in total. The highest BCUT2D eigenvalue weighted by Gasteiger charge is 2.25. The molecule has 4 rings (SSSR count). The van der Waals surface area contributed by atoms with Crippen LogP contribution in [0.25, 0.3) is 0 Å². The van der Waals surface area contributed by atoms with Crippen LogP contribution in [0.4, 0.5) is 4.39 Å². The van der Waals surface area contributed by atoms with Crippen LogP contribution in [-0.4, -0.2) is 40.2 Å². The molecule has 0 saturated carbocycles. The molecule has 1 atom stereocenters. The van der Waals surface area contributed by atoms with Crippen molar-refractivity contribution < 1.29 is 9.18 Å². The standard InChI is InChI=1S/C25H33FN4O/c1-29-18-23(25(31)27-16-20-7-9-22(26)10-8-20)24(28-29)15-19-11-13-30(14-12-19)17-21-5-3-2-4-6-21/h2-3,7-10,18-19,21H,4-6,11-17H2,1H3,(H,27,31). The minimum atomic E-state index is -0.272. The van der Waals surface area contributed by atoms with Crippen molar-refractivity contribution in [3.05, 3.63) is 65.3 Å². The quantitative estimate of drug-likeness (QED) is 0.681. The molecule has 166 valence electrons. The van der Waals surface area contributed by atoms with E-state index in [1.807, 2.05) is 7.05 Å². The second-order valence-electron chi connectivity index (χ2n) is 9.07. The van der Waals surface area contributed by atoms with E-state index in [-0.39, 0.29) is 11.7 Å². The van der Waals surface area contributed by atoms with Crippen LogP contribution in [0.15, 0.2) is 42.6 Å². The number of rotatable bonds is 7. The van der Waals surface area contributed by atoms with E-state index in [0.29, 0.717) is 18.0 Å². The summed E-state index contributed by atoms with van der Waals surface area (Å²) in [5.41, 5.74) is 2.41. The Morgan fingerprint density at radius 1 is 1.13 bits per heavy atom. The Kier molecular flexibility index (Phi) is 7.17. The largest absolute Gasteiger partial charge is 0.348 e. The lowest BCUT2D eigenvalue weighted by Crippen LogP contribution is -2.38. The predicted octanol–water partition coefficient (Wildman–Crippen LogP) is 4.10. The number of carbonyl (C=O) groups excluding carboxylic acids is 1. The zero-order valence-corrected chi connectivity index (χ0v) is 18.4. The van der Waals surface area contributed by atoms with Gasteiger partial charge in [0, 0.05) is 26.3 Å². The van der Waals surface area contributed by atoms with Gasteiger partial charge in [0.2, 0.25) is 0 Å². The first-order chi connectivity index (χ1) is 15.1. The smallest absolute Gasteiger partial charge is 0.255 e. The Bertz CT molecular complexity index is 897. The molecule has 1 fully saturated rings. The number of aryl methyl sites for hydroxylation is 1. The molecule has 31 heavy (non-hydrogen) atoms. The van der Waals surface area contributed by atoms with Crippen LogP contribution in [0.3, 0.4) is 0 Å². The van der Waals surface area contributed by atoms with Crippen molar-refractivity contribution >= 4 is 5.91 Å². The summed E-state index contributed by atoms with van der Waals surface area (Å²) < 4.78 is 14.8. The summed E-state index contributed by atoms with van der Waals surface area (Å²) in [6.45, 7) is 3.88. The molecular weight excluding hydrogens is 391 g/mol. The van der Waals surface area contributed by atoms with E-state index in [0.717, 1.165) is 49.5 Å². The van der Waals surface area contributed by atoms with Crippen molar-refractivity contribution in [2.75, 3.05) is 19.6 Å². The molecule has 2 aromatic rings. The number of piperidine rings is 1. The molecule has 0 spiro atoms. The topological polar surface area (TPSA) is 50.2 Å². The van der Waals surface area contributed by atoms with Gasteiger partial charge in [-0.1, -0.05) is 24.3 Å². The third-order valence-corrected chi connectivity index (χ3v) is 6.60. The number of amides is 1. The van der Waals surface area contributed by atoms with E-state index in [4.69, 9.17) is 0 Å². The summed E-state index contributed by atoms with van der Waals surface area (Å²) in [7, 11) is 1.86. The molecule has 1 aliphatic heterocycles. The van der Waals surface area contributed by atoms with Crippen LogP contribution in [0.5, 0.6) is 0 Å². The van der Waals surface area contributed by atoms with Crippen LogP contribution in [0.2, 0.25) is 0 Å². The van der Waals surface area contributed by atoms with E-state index in [1.54, 1.807) is 23.0 Å². The third-order valence-electron chi connectivity index (χ3n) is 6.60. The number of aromatic nitrogens is 2. The monoisotopic (exact) mass is 424 g/mol. The summed E-state index contributed by atoms with van der Waals surface area (Å²) in [6, 6.07) is 6.21. The number of nitrogens with one attached hydrogen (secondary N) is 1. The lowest BCUT2D eigenvalue weighted by atomic mass is 9.89. The highest BCUT2D eigenvalue weighted by atomic mass is 19.1. The minimum Gasteiger partial charge on any atom is -0.348 e. The SMILES string of the molecule is Cn1cc(C(=O)NCc2ccc(F)cc2)c(CC2CCN(CC3CC=CCC3)CC2)n1. The fraction of sp³-hybridized carbons (Fsp3) is 0.520. The van der Waals surface area contributed by atoms with Gasteiger partial charge >= 0.3 is 0 Å².